The van der Waals surface area contributed by atoms with Crippen molar-refractivity contribution < 1.29 is 5.11 Å². The van der Waals surface area contributed by atoms with Crippen molar-refractivity contribution in [1.82, 2.24) is 9.97 Å². The van der Waals surface area contributed by atoms with E-state index in [2.05, 4.69) is 9.97 Å². The van der Waals surface area contributed by atoms with E-state index < -0.39 is 0 Å². The van der Waals surface area contributed by atoms with Crippen LogP contribution in [-0.4, -0.2) is 26.4 Å². The highest BCUT2D eigenvalue weighted by molar-refractivity contribution is 7.99. The third-order valence-electron chi connectivity index (χ3n) is 3.30. The number of aliphatic hydroxyl groups is 1. The molecule has 0 unspecified atom stereocenters. The van der Waals surface area contributed by atoms with Crippen LogP contribution in [0, 0.1) is 0 Å². The monoisotopic (exact) mass is 248 g/mol. The first-order chi connectivity index (χ1) is 8.33. The number of thioether (sulfide) groups is 1. The molecule has 2 N–H and O–H groups in total. The Morgan fingerprint density at radius 2 is 2.06 bits per heavy atom. The molecule has 0 spiro atoms. The molecule has 0 saturated heterocycles. The van der Waals surface area contributed by atoms with Gasteiger partial charge in [0.05, 0.1) is 17.1 Å². The van der Waals surface area contributed by atoms with Crippen LogP contribution in [0.2, 0.25) is 0 Å². The molecule has 2 atom stereocenters. The highest BCUT2D eigenvalue weighted by atomic mass is 32.2. The van der Waals surface area contributed by atoms with Gasteiger partial charge in [-0.2, -0.15) is 0 Å². The number of H-pyrrole nitrogens is 1. The van der Waals surface area contributed by atoms with Crippen molar-refractivity contribution in [3.63, 3.8) is 0 Å². The number of hydrogen-bond donors (Lipinski definition) is 2. The van der Waals surface area contributed by atoms with E-state index in [0.717, 1.165) is 35.5 Å². The maximum Gasteiger partial charge on any atom is 0.166 e. The van der Waals surface area contributed by atoms with Crippen LogP contribution in [0.1, 0.15) is 25.7 Å². The van der Waals surface area contributed by atoms with E-state index in [1.54, 1.807) is 11.8 Å². The molecule has 0 amide bonds. The Balaban J connectivity index is 1.79. The summed E-state index contributed by atoms with van der Waals surface area (Å²) < 4.78 is 0. The maximum atomic E-state index is 9.94. The Morgan fingerprint density at radius 3 is 2.88 bits per heavy atom. The molecule has 0 radical (unpaired) electrons. The third kappa shape index (κ3) is 2.33. The number of aromatic nitrogens is 2. The summed E-state index contributed by atoms with van der Waals surface area (Å²) in [6, 6.07) is 8.04. The summed E-state index contributed by atoms with van der Waals surface area (Å²) >= 11 is 1.68. The minimum atomic E-state index is -0.179. The van der Waals surface area contributed by atoms with Crippen molar-refractivity contribution in [3.8, 4) is 0 Å². The van der Waals surface area contributed by atoms with E-state index in [0.29, 0.717) is 5.25 Å². The molecule has 0 aliphatic heterocycles. The zero-order valence-electron chi connectivity index (χ0n) is 9.60. The lowest BCUT2D eigenvalue weighted by Gasteiger charge is -2.25. The van der Waals surface area contributed by atoms with Gasteiger partial charge in [0.15, 0.2) is 5.16 Å². The molecule has 0 bridgehead atoms. The molecule has 2 aromatic rings. The minimum absolute atomic E-state index is 0.179. The molecular formula is C13H16N2OS. The van der Waals surface area contributed by atoms with Gasteiger partial charge in [0.25, 0.3) is 0 Å². The number of aliphatic hydroxyl groups excluding tert-OH is 1. The fourth-order valence-electron chi connectivity index (χ4n) is 2.34. The number of para-hydroxylation sites is 2. The van der Waals surface area contributed by atoms with Crippen LogP contribution in [-0.2, 0) is 0 Å². The Hall–Kier alpha value is -1.00. The van der Waals surface area contributed by atoms with Crippen LogP contribution in [0.5, 0.6) is 0 Å². The average Bonchev–Trinajstić information content (AvgIpc) is 2.74. The number of imidazole rings is 1. The second kappa shape index (κ2) is 4.70. The van der Waals surface area contributed by atoms with E-state index in [1.807, 2.05) is 24.3 Å². The Kier molecular flexibility index (Phi) is 3.07. The molecule has 1 saturated carbocycles. The summed E-state index contributed by atoms with van der Waals surface area (Å²) in [6.07, 6.45) is 4.20. The Labute approximate surface area is 105 Å². The van der Waals surface area contributed by atoms with Crippen molar-refractivity contribution >= 4 is 22.8 Å². The predicted octanol–water partition coefficient (Wildman–Crippen LogP) is 2.96. The number of aromatic amines is 1. The number of nitrogens with one attached hydrogen (secondary N) is 1. The largest absolute Gasteiger partial charge is 0.392 e. The number of hydrogen-bond acceptors (Lipinski definition) is 3. The van der Waals surface area contributed by atoms with Crippen LogP contribution < -0.4 is 0 Å². The van der Waals surface area contributed by atoms with Gasteiger partial charge in [-0.15, -0.1) is 0 Å². The first-order valence-electron chi connectivity index (χ1n) is 6.12. The lowest BCUT2D eigenvalue weighted by molar-refractivity contribution is 0.137. The van der Waals surface area contributed by atoms with Gasteiger partial charge in [-0.3, -0.25) is 0 Å². The van der Waals surface area contributed by atoms with Crippen LogP contribution >= 0.6 is 11.8 Å². The van der Waals surface area contributed by atoms with Gasteiger partial charge in [-0.1, -0.05) is 36.7 Å². The van der Waals surface area contributed by atoms with E-state index >= 15 is 0 Å². The Bertz CT molecular complexity index is 478. The Morgan fingerprint density at radius 1 is 1.24 bits per heavy atom. The first-order valence-corrected chi connectivity index (χ1v) is 7.00. The molecule has 17 heavy (non-hydrogen) atoms. The molecular weight excluding hydrogens is 232 g/mol. The molecule has 4 heteroatoms. The molecule has 1 fully saturated rings. The third-order valence-corrected chi connectivity index (χ3v) is 4.57. The molecule has 3 rings (SSSR count). The zero-order chi connectivity index (χ0) is 11.7. The lowest BCUT2D eigenvalue weighted by atomic mass is 9.97. The average molecular weight is 248 g/mol. The summed E-state index contributed by atoms with van der Waals surface area (Å²) in [7, 11) is 0. The SMILES string of the molecule is O[C@H]1CCCC[C@@H]1Sc1nc2ccccc2[nH]1. The summed E-state index contributed by atoms with van der Waals surface area (Å²) in [5.74, 6) is 0. The summed E-state index contributed by atoms with van der Waals surface area (Å²) in [6.45, 7) is 0. The molecule has 3 nitrogen and oxygen atoms in total. The quantitative estimate of drug-likeness (QED) is 0.859. The normalized spacial score (nSPS) is 25.2. The smallest absolute Gasteiger partial charge is 0.166 e. The number of benzene rings is 1. The fourth-order valence-corrected chi connectivity index (χ4v) is 3.53. The van der Waals surface area contributed by atoms with Gasteiger partial charge >= 0.3 is 0 Å². The van der Waals surface area contributed by atoms with Crippen molar-refractivity contribution in [3.05, 3.63) is 24.3 Å². The number of nitrogens with zero attached hydrogens (tertiary/aromatic N) is 1. The zero-order valence-corrected chi connectivity index (χ0v) is 10.4. The second-order valence-electron chi connectivity index (χ2n) is 4.57. The predicted molar refractivity (Wildman–Crippen MR) is 70.2 cm³/mol. The highest BCUT2D eigenvalue weighted by Crippen LogP contribution is 2.33. The van der Waals surface area contributed by atoms with Crippen LogP contribution in [0.4, 0.5) is 0 Å². The van der Waals surface area contributed by atoms with Gasteiger partial charge in [0.2, 0.25) is 0 Å². The van der Waals surface area contributed by atoms with E-state index in [1.165, 1.54) is 6.42 Å². The minimum Gasteiger partial charge on any atom is -0.392 e. The van der Waals surface area contributed by atoms with Crippen LogP contribution in [0.15, 0.2) is 29.4 Å². The van der Waals surface area contributed by atoms with Gasteiger partial charge in [-0.25, -0.2) is 4.98 Å². The van der Waals surface area contributed by atoms with Crippen molar-refractivity contribution in [2.24, 2.45) is 0 Å². The fraction of sp³-hybridized carbons (Fsp3) is 0.462. The van der Waals surface area contributed by atoms with Crippen molar-refractivity contribution in [1.29, 1.82) is 0 Å². The molecule has 1 aliphatic carbocycles. The van der Waals surface area contributed by atoms with E-state index in [4.69, 9.17) is 0 Å². The molecule has 1 aromatic heterocycles. The molecule has 1 aliphatic rings. The molecule has 90 valence electrons. The molecule has 1 aromatic carbocycles. The number of fused-ring (bicyclic) bond motifs is 1. The maximum absolute atomic E-state index is 9.94. The lowest BCUT2D eigenvalue weighted by Crippen LogP contribution is -2.26. The van der Waals surface area contributed by atoms with Crippen molar-refractivity contribution in [2.75, 3.05) is 0 Å². The highest BCUT2D eigenvalue weighted by Gasteiger charge is 2.24. The van der Waals surface area contributed by atoms with Gasteiger partial charge in [0, 0.05) is 5.25 Å². The van der Waals surface area contributed by atoms with Gasteiger partial charge in [-0.05, 0) is 25.0 Å². The standard InChI is InChI=1S/C13H16N2OS/c16-11-7-3-4-8-12(11)17-13-14-9-5-1-2-6-10(9)15-13/h1-2,5-6,11-12,16H,3-4,7-8H2,(H,14,15)/t11-,12-/m0/s1. The van der Waals surface area contributed by atoms with E-state index in [-0.39, 0.29) is 6.10 Å². The summed E-state index contributed by atoms with van der Waals surface area (Å²) in [5, 5.41) is 11.2. The molecule has 1 heterocycles. The summed E-state index contributed by atoms with van der Waals surface area (Å²) in [4.78, 5) is 7.84. The second-order valence-corrected chi connectivity index (χ2v) is 5.80. The topological polar surface area (TPSA) is 48.9 Å². The number of rotatable bonds is 2. The van der Waals surface area contributed by atoms with Gasteiger partial charge in [0.1, 0.15) is 0 Å². The summed E-state index contributed by atoms with van der Waals surface area (Å²) in [5.41, 5.74) is 2.07. The van der Waals surface area contributed by atoms with E-state index in [9.17, 15) is 5.11 Å². The van der Waals surface area contributed by atoms with Crippen LogP contribution in [0.3, 0.4) is 0 Å². The first kappa shape index (κ1) is 11.1. The van der Waals surface area contributed by atoms with Gasteiger partial charge < -0.3 is 10.1 Å². The van der Waals surface area contributed by atoms with Crippen molar-refractivity contribution in [2.45, 2.75) is 42.2 Å². The van der Waals surface area contributed by atoms with Crippen LogP contribution in [0.25, 0.3) is 11.0 Å².